The van der Waals surface area contributed by atoms with E-state index in [0.29, 0.717) is 41.5 Å². The van der Waals surface area contributed by atoms with Crippen molar-refractivity contribution in [2.75, 3.05) is 45.3 Å². The Kier molecular flexibility index (Phi) is 7.39. The number of morpholine rings is 1. The van der Waals surface area contributed by atoms with Crippen LogP contribution < -0.4 is 15.8 Å². The molecule has 0 aromatic heterocycles. The van der Waals surface area contributed by atoms with Crippen LogP contribution in [0.4, 0.5) is 5.69 Å². The summed E-state index contributed by atoms with van der Waals surface area (Å²) in [5.74, 6) is 0.936. The van der Waals surface area contributed by atoms with E-state index in [1.54, 1.807) is 19.2 Å². The maximum atomic E-state index is 6.16. The van der Waals surface area contributed by atoms with E-state index in [-0.39, 0.29) is 6.04 Å². The van der Waals surface area contributed by atoms with Crippen molar-refractivity contribution in [3.63, 3.8) is 0 Å². The molecule has 1 heterocycles. The molecule has 1 unspecified atom stereocenters. The molecule has 1 aliphatic heterocycles. The number of methoxy groups -OCH3 is 1. The lowest BCUT2D eigenvalue weighted by molar-refractivity contribution is 0.0180. The van der Waals surface area contributed by atoms with Crippen LogP contribution >= 0.6 is 23.2 Å². The lowest BCUT2D eigenvalue weighted by Gasteiger charge is -2.34. The highest BCUT2D eigenvalue weighted by atomic mass is 35.5. The summed E-state index contributed by atoms with van der Waals surface area (Å²) < 4.78 is 10.6. The molecule has 1 fully saturated rings. The summed E-state index contributed by atoms with van der Waals surface area (Å²) in [4.78, 5) is 6.91. The normalized spacial score (nSPS) is 16.6. The van der Waals surface area contributed by atoms with Gasteiger partial charge in [0, 0.05) is 23.8 Å². The Hall–Kier alpha value is -1.99. The van der Waals surface area contributed by atoms with Gasteiger partial charge in [0.1, 0.15) is 5.75 Å². The number of aliphatic imine (C=N–C) groups is 1. The zero-order chi connectivity index (χ0) is 19.9. The number of guanidine groups is 1. The fourth-order valence-corrected chi connectivity index (χ4v) is 3.51. The number of hydrogen-bond acceptors (Lipinski definition) is 4. The van der Waals surface area contributed by atoms with Gasteiger partial charge in [0.05, 0.1) is 37.9 Å². The molecular formula is C20H24Cl2N4O2. The number of nitrogens with one attached hydrogen (secondary N) is 1. The van der Waals surface area contributed by atoms with Crippen molar-refractivity contribution in [1.82, 2.24) is 4.90 Å². The standard InChI is InChI=1S/C20H24Cl2N4O2/c1-27-19-7-6-16(12-17(19)22)25-20(23)24-13-18(26-8-10-28-11-9-26)14-2-4-15(21)5-3-14/h2-7,12,18H,8-11,13H2,1H3,(H3,23,24,25). The van der Waals surface area contributed by atoms with Gasteiger partial charge in [-0.1, -0.05) is 35.3 Å². The van der Waals surface area contributed by atoms with E-state index in [9.17, 15) is 0 Å². The number of nitrogens with two attached hydrogens (primary N) is 1. The van der Waals surface area contributed by atoms with Crippen molar-refractivity contribution in [2.45, 2.75) is 6.04 Å². The molecule has 6 nitrogen and oxygen atoms in total. The van der Waals surface area contributed by atoms with Crippen molar-refractivity contribution in [3.8, 4) is 5.75 Å². The van der Waals surface area contributed by atoms with Gasteiger partial charge in [-0.15, -0.1) is 0 Å². The molecule has 3 rings (SSSR count). The third-order valence-electron chi connectivity index (χ3n) is 4.60. The van der Waals surface area contributed by atoms with Crippen LogP contribution in [0.1, 0.15) is 11.6 Å². The van der Waals surface area contributed by atoms with Crippen LogP contribution in [0.15, 0.2) is 47.5 Å². The number of benzene rings is 2. The Balaban J connectivity index is 1.72. The predicted molar refractivity (Wildman–Crippen MR) is 115 cm³/mol. The second-order valence-electron chi connectivity index (χ2n) is 6.42. The zero-order valence-electron chi connectivity index (χ0n) is 15.7. The van der Waals surface area contributed by atoms with Crippen LogP contribution in [0.3, 0.4) is 0 Å². The van der Waals surface area contributed by atoms with Crippen molar-refractivity contribution in [1.29, 1.82) is 0 Å². The van der Waals surface area contributed by atoms with E-state index in [1.165, 1.54) is 0 Å². The second-order valence-corrected chi connectivity index (χ2v) is 7.26. The Morgan fingerprint density at radius 1 is 1.21 bits per heavy atom. The van der Waals surface area contributed by atoms with E-state index in [0.717, 1.165) is 24.3 Å². The largest absolute Gasteiger partial charge is 0.495 e. The first kappa shape index (κ1) is 20.7. The van der Waals surface area contributed by atoms with Gasteiger partial charge in [-0.05, 0) is 35.9 Å². The third kappa shape index (κ3) is 5.52. The highest BCUT2D eigenvalue weighted by Crippen LogP contribution is 2.27. The maximum absolute atomic E-state index is 6.16. The highest BCUT2D eigenvalue weighted by molar-refractivity contribution is 6.32. The van der Waals surface area contributed by atoms with Crippen LogP contribution in [0.25, 0.3) is 0 Å². The molecule has 1 aliphatic rings. The molecule has 0 aliphatic carbocycles. The van der Waals surface area contributed by atoms with Gasteiger partial charge < -0.3 is 20.5 Å². The molecule has 28 heavy (non-hydrogen) atoms. The minimum absolute atomic E-state index is 0.0981. The van der Waals surface area contributed by atoms with Crippen molar-refractivity contribution < 1.29 is 9.47 Å². The van der Waals surface area contributed by atoms with Crippen LogP contribution in [-0.4, -0.2) is 50.8 Å². The van der Waals surface area contributed by atoms with Gasteiger partial charge in [-0.25, -0.2) is 0 Å². The van der Waals surface area contributed by atoms with Crippen LogP contribution in [-0.2, 0) is 4.74 Å². The molecule has 0 bridgehead atoms. The monoisotopic (exact) mass is 422 g/mol. The summed E-state index contributed by atoms with van der Waals surface area (Å²) in [6.45, 7) is 3.65. The molecule has 1 atom stereocenters. The Bertz CT molecular complexity index is 808. The summed E-state index contributed by atoms with van der Waals surface area (Å²) in [5, 5.41) is 4.30. The molecule has 0 spiro atoms. The molecular weight excluding hydrogens is 399 g/mol. The van der Waals surface area contributed by atoms with Crippen LogP contribution in [0.2, 0.25) is 10.0 Å². The van der Waals surface area contributed by atoms with Gasteiger partial charge in [0.25, 0.3) is 0 Å². The topological polar surface area (TPSA) is 72.1 Å². The van der Waals surface area contributed by atoms with E-state index in [1.807, 2.05) is 30.3 Å². The molecule has 0 amide bonds. The van der Waals surface area contributed by atoms with Crippen LogP contribution in [0.5, 0.6) is 5.75 Å². The van der Waals surface area contributed by atoms with E-state index in [2.05, 4.69) is 15.2 Å². The minimum Gasteiger partial charge on any atom is -0.495 e. The molecule has 2 aromatic carbocycles. The summed E-state index contributed by atoms with van der Waals surface area (Å²) in [7, 11) is 1.58. The molecule has 0 radical (unpaired) electrons. The molecule has 3 N–H and O–H groups in total. The lowest BCUT2D eigenvalue weighted by atomic mass is 10.0. The Morgan fingerprint density at radius 2 is 1.93 bits per heavy atom. The third-order valence-corrected chi connectivity index (χ3v) is 5.15. The number of hydrogen-bond donors (Lipinski definition) is 2. The van der Waals surface area contributed by atoms with Crippen LogP contribution in [0, 0.1) is 0 Å². The lowest BCUT2D eigenvalue weighted by Crippen LogP contribution is -2.40. The number of nitrogens with zero attached hydrogens (tertiary/aromatic N) is 2. The predicted octanol–water partition coefficient (Wildman–Crippen LogP) is 3.80. The minimum atomic E-state index is 0.0981. The van der Waals surface area contributed by atoms with E-state index >= 15 is 0 Å². The molecule has 150 valence electrons. The van der Waals surface area contributed by atoms with Gasteiger partial charge in [0.15, 0.2) is 5.96 Å². The number of rotatable bonds is 6. The summed E-state index contributed by atoms with van der Waals surface area (Å²) in [5.41, 5.74) is 8.01. The molecule has 2 aromatic rings. The first-order valence-electron chi connectivity index (χ1n) is 9.04. The number of ether oxygens (including phenoxy) is 2. The fourth-order valence-electron chi connectivity index (χ4n) is 3.12. The fraction of sp³-hybridized carbons (Fsp3) is 0.350. The molecule has 8 heteroatoms. The van der Waals surface area contributed by atoms with Gasteiger partial charge in [0.2, 0.25) is 0 Å². The maximum Gasteiger partial charge on any atom is 0.193 e. The van der Waals surface area contributed by atoms with E-state index < -0.39 is 0 Å². The summed E-state index contributed by atoms with van der Waals surface area (Å²) in [6.07, 6.45) is 0. The zero-order valence-corrected chi connectivity index (χ0v) is 17.2. The SMILES string of the molecule is COc1ccc(NC(N)=NCC(c2ccc(Cl)cc2)N2CCOCC2)cc1Cl. The summed E-state index contributed by atoms with van der Waals surface area (Å²) in [6, 6.07) is 13.3. The Labute approximate surface area is 175 Å². The second kappa shape index (κ2) is 9.98. The smallest absolute Gasteiger partial charge is 0.193 e. The Morgan fingerprint density at radius 3 is 2.57 bits per heavy atom. The average molecular weight is 423 g/mol. The van der Waals surface area contributed by atoms with Gasteiger partial charge in [-0.3, -0.25) is 9.89 Å². The highest BCUT2D eigenvalue weighted by Gasteiger charge is 2.22. The summed E-state index contributed by atoms with van der Waals surface area (Å²) >= 11 is 12.2. The average Bonchev–Trinajstić information content (AvgIpc) is 2.70. The van der Waals surface area contributed by atoms with E-state index in [4.69, 9.17) is 38.4 Å². The first-order valence-corrected chi connectivity index (χ1v) is 9.80. The first-order chi connectivity index (χ1) is 13.6. The van der Waals surface area contributed by atoms with Gasteiger partial charge in [-0.2, -0.15) is 0 Å². The quantitative estimate of drug-likeness (QED) is 0.546. The van der Waals surface area contributed by atoms with Crippen molar-refractivity contribution in [3.05, 3.63) is 58.1 Å². The number of halogens is 2. The molecule has 0 saturated carbocycles. The van der Waals surface area contributed by atoms with Crippen molar-refractivity contribution >= 4 is 34.8 Å². The van der Waals surface area contributed by atoms with Gasteiger partial charge >= 0.3 is 0 Å². The number of anilines is 1. The van der Waals surface area contributed by atoms with Crippen molar-refractivity contribution in [2.24, 2.45) is 10.7 Å². The molecule has 1 saturated heterocycles.